The van der Waals surface area contributed by atoms with Gasteiger partial charge in [0.05, 0.1) is 17.4 Å². The van der Waals surface area contributed by atoms with E-state index in [9.17, 15) is 4.79 Å². The number of nitrogens with zero attached hydrogens (tertiary/aromatic N) is 6. The van der Waals surface area contributed by atoms with Crippen LogP contribution in [0.25, 0.3) is 10.2 Å². The lowest BCUT2D eigenvalue weighted by atomic mass is 10.3. The molecular formula is C28H30N8O2S. The van der Waals surface area contributed by atoms with Crippen LogP contribution in [-0.2, 0) is 4.79 Å². The summed E-state index contributed by atoms with van der Waals surface area (Å²) in [6.45, 7) is 9.85. The highest BCUT2D eigenvalue weighted by molar-refractivity contribution is 7.17. The van der Waals surface area contributed by atoms with E-state index in [-0.39, 0.29) is 5.91 Å². The van der Waals surface area contributed by atoms with Gasteiger partial charge in [0, 0.05) is 51.0 Å². The van der Waals surface area contributed by atoms with Gasteiger partial charge in [-0.1, -0.05) is 12.6 Å². The first-order valence-corrected chi connectivity index (χ1v) is 14.0. The molecule has 0 spiro atoms. The Kier molecular flexibility index (Phi) is 7.35. The third-order valence-corrected chi connectivity index (χ3v) is 7.73. The second kappa shape index (κ2) is 11.4. The number of benzene rings is 1. The van der Waals surface area contributed by atoms with Crippen molar-refractivity contribution in [1.29, 1.82) is 0 Å². The van der Waals surface area contributed by atoms with Gasteiger partial charge in [0.15, 0.2) is 0 Å². The Hall–Kier alpha value is -4.06. The number of carbonyl (C=O) groups is 1. The Balaban J connectivity index is 1.14. The summed E-state index contributed by atoms with van der Waals surface area (Å²) in [5.41, 5.74) is 2.18. The Morgan fingerprint density at radius 1 is 0.974 bits per heavy atom. The number of rotatable bonds is 8. The van der Waals surface area contributed by atoms with Gasteiger partial charge >= 0.3 is 0 Å². The molecule has 2 aliphatic rings. The predicted octanol–water partition coefficient (Wildman–Crippen LogP) is 4.88. The zero-order chi connectivity index (χ0) is 26.6. The number of nitrogens with one attached hydrogen (secondary N) is 2. The molecule has 2 fully saturated rings. The van der Waals surface area contributed by atoms with Crippen LogP contribution in [0.4, 0.5) is 23.1 Å². The summed E-state index contributed by atoms with van der Waals surface area (Å²) in [4.78, 5) is 28.0. The molecule has 0 atom stereocenters. The van der Waals surface area contributed by atoms with Gasteiger partial charge in [-0.3, -0.25) is 4.79 Å². The molecule has 0 aliphatic carbocycles. The Labute approximate surface area is 230 Å². The number of anilines is 4. The summed E-state index contributed by atoms with van der Waals surface area (Å²) in [5.74, 6) is 2.09. The highest BCUT2D eigenvalue weighted by Crippen LogP contribution is 2.34. The monoisotopic (exact) mass is 542 g/mol. The number of ether oxygens (including phenoxy) is 1. The van der Waals surface area contributed by atoms with Crippen molar-refractivity contribution in [2.75, 3.05) is 54.8 Å². The molecule has 0 radical (unpaired) electrons. The fourth-order valence-electron chi connectivity index (χ4n) is 4.87. The van der Waals surface area contributed by atoms with E-state index in [4.69, 9.17) is 9.72 Å². The molecule has 11 heteroatoms. The number of piperazine rings is 1. The van der Waals surface area contributed by atoms with E-state index in [1.807, 2.05) is 35.8 Å². The third-order valence-electron chi connectivity index (χ3n) is 6.84. The Bertz CT molecular complexity index is 1460. The van der Waals surface area contributed by atoms with Gasteiger partial charge in [-0.2, -0.15) is 4.98 Å². The molecule has 0 bridgehead atoms. The van der Waals surface area contributed by atoms with Gasteiger partial charge < -0.3 is 20.3 Å². The minimum atomic E-state index is -0.287. The normalized spacial score (nSPS) is 16.4. The summed E-state index contributed by atoms with van der Waals surface area (Å²) in [6, 6.07) is 13.1. The first kappa shape index (κ1) is 25.2. The third kappa shape index (κ3) is 5.85. The van der Waals surface area contributed by atoms with Gasteiger partial charge in [0.25, 0.3) is 0 Å². The van der Waals surface area contributed by atoms with E-state index in [1.165, 1.54) is 43.3 Å². The quantitative estimate of drug-likeness (QED) is 0.302. The van der Waals surface area contributed by atoms with Gasteiger partial charge in [-0.05, 0) is 54.6 Å². The largest absolute Gasteiger partial charge is 0.437 e. The van der Waals surface area contributed by atoms with Gasteiger partial charge in [-0.15, -0.1) is 11.3 Å². The van der Waals surface area contributed by atoms with Crippen molar-refractivity contribution in [2.24, 2.45) is 0 Å². The Morgan fingerprint density at radius 2 is 1.79 bits per heavy atom. The number of fused-ring (bicyclic) bond motifs is 1. The fourth-order valence-corrected chi connectivity index (χ4v) is 5.63. The average Bonchev–Trinajstić information content (AvgIpc) is 3.67. The first-order chi connectivity index (χ1) is 19.1. The molecule has 2 N–H and O–H groups in total. The van der Waals surface area contributed by atoms with Crippen LogP contribution >= 0.6 is 11.3 Å². The van der Waals surface area contributed by atoms with Crippen LogP contribution in [0.15, 0.2) is 66.7 Å². The SMILES string of the molecule is C=CC(=O)Nc1cccc(Oc2nc(Nc3ccc(N4CCN(N5CCCC5)CC4)nc3)nc3ccsc23)c1. The van der Waals surface area contributed by atoms with E-state index >= 15 is 0 Å². The van der Waals surface area contributed by atoms with Crippen LogP contribution in [0.5, 0.6) is 11.6 Å². The topological polar surface area (TPSA) is 98.7 Å². The maximum absolute atomic E-state index is 11.7. The van der Waals surface area contributed by atoms with E-state index in [0.29, 0.717) is 23.3 Å². The molecule has 200 valence electrons. The zero-order valence-electron chi connectivity index (χ0n) is 21.5. The van der Waals surface area contributed by atoms with E-state index in [1.54, 1.807) is 18.2 Å². The number of hydrazine groups is 1. The number of pyridine rings is 1. The van der Waals surface area contributed by atoms with Crippen LogP contribution < -0.4 is 20.3 Å². The summed E-state index contributed by atoms with van der Waals surface area (Å²) in [7, 11) is 0. The van der Waals surface area contributed by atoms with Crippen molar-refractivity contribution >= 4 is 50.6 Å². The molecule has 6 rings (SSSR count). The van der Waals surface area contributed by atoms with E-state index in [0.717, 1.165) is 47.9 Å². The minimum Gasteiger partial charge on any atom is -0.437 e. The lowest BCUT2D eigenvalue weighted by Crippen LogP contribution is -2.53. The summed E-state index contributed by atoms with van der Waals surface area (Å²) < 4.78 is 6.98. The summed E-state index contributed by atoms with van der Waals surface area (Å²) in [5, 5.41) is 13.0. The number of carbonyl (C=O) groups excluding carboxylic acids is 1. The van der Waals surface area contributed by atoms with Crippen LogP contribution in [0.1, 0.15) is 12.8 Å². The molecule has 10 nitrogen and oxygen atoms in total. The van der Waals surface area contributed by atoms with Crippen molar-refractivity contribution < 1.29 is 9.53 Å². The molecule has 5 heterocycles. The summed E-state index contributed by atoms with van der Waals surface area (Å²) >= 11 is 1.51. The first-order valence-electron chi connectivity index (χ1n) is 13.1. The van der Waals surface area contributed by atoms with Crippen LogP contribution in [0, 0.1) is 0 Å². The van der Waals surface area contributed by atoms with E-state index in [2.05, 4.69) is 42.1 Å². The van der Waals surface area contributed by atoms with Crippen LogP contribution in [-0.4, -0.2) is 70.1 Å². The number of hydrogen-bond donors (Lipinski definition) is 2. The van der Waals surface area contributed by atoms with Crippen molar-refractivity contribution in [3.05, 3.63) is 66.7 Å². The molecule has 1 aromatic carbocycles. The van der Waals surface area contributed by atoms with Crippen LogP contribution in [0.3, 0.4) is 0 Å². The Morgan fingerprint density at radius 3 is 2.56 bits per heavy atom. The minimum absolute atomic E-state index is 0.287. The molecule has 2 aliphatic heterocycles. The maximum Gasteiger partial charge on any atom is 0.247 e. The molecule has 39 heavy (non-hydrogen) atoms. The molecule has 3 aromatic heterocycles. The maximum atomic E-state index is 11.7. The van der Waals surface area contributed by atoms with Gasteiger partial charge in [0.2, 0.25) is 17.7 Å². The lowest BCUT2D eigenvalue weighted by Gasteiger charge is -2.39. The van der Waals surface area contributed by atoms with Crippen molar-refractivity contribution in [2.45, 2.75) is 12.8 Å². The van der Waals surface area contributed by atoms with Crippen molar-refractivity contribution in [3.8, 4) is 11.6 Å². The lowest BCUT2D eigenvalue weighted by molar-refractivity contribution is -0.111. The van der Waals surface area contributed by atoms with E-state index < -0.39 is 0 Å². The smallest absolute Gasteiger partial charge is 0.247 e. The summed E-state index contributed by atoms with van der Waals surface area (Å²) in [6.07, 6.45) is 5.64. The zero-order valence-corrected chi connectivity index (χ0v) is 22.4. The number of hydrogen-bond acceptors (Lipinski definition) is 10. The van der Waals surface area contributed by atoms with Gasteiger partial charge in [0.1, 0.15) is 16.3 Å². The molecule has 1 amide bonds. The number of aromatic nitrogens is 3. The number of amides is 1. The molecule has 2 saturated heterocycles. The van der Waals surface area contributed by atoms with Crippen molar-refractivity contribution in [3.63, 3.8) is 0 Å². The van der Waals surface area contributed by atoms with Gasteiger partial charge in [-0.25, -0.2) is 20.0 Å². The molecule has 0 unspecified atom stereocenters. The highest BCUT2D eigenvalue weighted by Gasteiger charge is 2.24. The fraction of sp³-hybridized carbons (Fsp3) is 0.286. The molecule has 4 aromatic rings. The van der Waals surface area contributed by atoms with Crippen molar-refractivity contribution in [1.82, 2.24) is 25.0 Å². The van der Waals surface area contributed by atoms with Crippen LogP contribution in [0.2, 0.25) is 0 Å². The molecule has 0 saturated carbocycles. The standard InChI is InChI=1S/C28H30N8O2S/c1-2-25(37)30-20-6-5-7-22(18-20)38-27-26-23(10-17-39-26)32-28(33-27)31-21-8-9-24(29-19-21)34-13-15-36(16-14-34)35-11-3-4-12-35/h2,5-10,17-19H,1,3-4,11-16H2,(H,30,37)(H,31,32,33). The number of thiophene rings is 1. The average molecular weight is 543 g/mol. The second-order valence-corrected chi connectivity index (χ2v) is 10.4. The highest BCUT2D eigenvalue weighted by atomic mass is 32.1. The second-order valence-electron chi connectivity index (χ2n) is 9.44. The predicted molar refractivity (Wildman–Crippen MR) is 155 cm³/mol. The molecular weight excluding hydrogens is 512 g/mol.